The number of aromatic nitrogens is 1. The third-order valence-electron chi connectivity index (χ3n) is 3.02. The van der Waals surface area contributed by atoms with Gasteiger partial charge in [0.2, 0.25) is 5.43 Å². The molecule has 20 heavy (non-hydrogen) atoms. The number of pyridine rings is 1. The quantitative estimate of drug-likeness (QED) is 0.874. The molecule has 5 nitrogen and oxygen atoms in total. The Balaban J connectivity index is 2.78. The maximum absolute atomic E-state index is 13.8. The van der Waals surface area contributed by atoms with Crippen LogP contribution in [-0.2, 0) is 4.74 Å². The van der Waals surface area contributed by atoms with Gasteiger partial charge in [-0.3, -0.25) is 4.79 Å². The highest BCUT2D eigenvalue weighted by atomic mass is 19.1. The normalized spacial score (nSPS) is 10.6. The molecule has 0 unspecified atom stereocenters. The Morgan fingerprint density at radius 1 is 1.45 bits per heavy atom. The SMILES string of the molecule is CCOC(=O)c1c[nH]c2c(OC)c(C)c(F)cc2c1=O. The van der Waals surface area contributed by atoms with Gasteiger partial charge in [0.25, 0.3) is 0 Å². The van der Waals surface area contributed by atoms with Crippen molar-refractivity contribution >= 4 is 16.9 Å². The fourth-order valence-electron chi connectivity index (χ4n) is 2.02. The van der Waals surface area contributed by atoms with E-state index in [1.807, 2.05) is 0 Å². The van der Waals surface area contributed by atoms with Crippen LogP contribution in [0.1, 0.15) is 22.8 Å². The third kappa shape index (κ3) is 2.13. The minimum atomic E-state index is -0.740. The van der Waals surface area contributed by atoms with Gasteiger partial charge >= 0.3 is 5.97 Å². The summed E-state index contributed by atoms with van der Waals surface area (Å²) in [5.74, 6) is -1.07. The predicted molar refractivity (Wildman–Crippen MR) is 71.8 cm³/mol. The highest BCUT2D eigenvalue weighted by Crippen LogP contribution is 2.28. The van der Waals surface area contributed by atoms with Gasteiger partial charge in [-0.1, -0.05) is 0 Å². The van der Waals surface area contributed by atoms with Gasteiger partial charge in [-0.2, -0.15) is 0 Å². The van der Waals surface area contributed by atoms with Gasteiger partial charge in [-0.15, -0.1) is 0 Å². The van der Waals surface area contributed by atoms with E-state index in [9.17, 15) is 14.0 Å². The van der Waals surface area contributed by atoms with Crippen molar-refractivity contribution in [3.8, 4) is 5.75 Å². The number of aromatic amines is 1. The van der Waals surface area contributed by atoms with Crippen molar-refractivity contribution in [2.45, 2.75) is 13.8 Å². The van der Waals surface area contributed by atoms with E-state index in [0.717, 1.165) is 6.07 Å². The first kappa shape index (κ1) is 14.0. The lowest BCUT2D eigenvalue weighted by molar-refractivity contribution is 0.0524. The molecule has 0 aliphatic rings. The summed E-state index contributed by atoms with van der Waals surface area (Å²) in [6.45, 7) is 3.34. The molecule has 0 bridgehead atoms. The second-order valence-electron chi connectivity index (χ2n) is 4.19. The van der Waals surface area contributed by atoms with Gasteiger partial charge in [0, 0.05) is 11.8 Å². The summed E-state index contributed by atoms with van der Waals surface area (Å²) < 4.78 is 23.7. The lowest BCUT2D eigenvalue weighted by Crippen LogP contribution is -2.18. The van der Waals surface area contributed by atoms with Crippen LogP contribution >= 0.6 is 0 Å². The van der Waals surface area contributed by atoms with Crippen molar-refractivity contribution < 1.29 is 18.7 Å². The van der Waals surface area contributed by atoms with Gasteiger partial charge in [0.05, 0.1) is 24.6 Å². The largest absolute Gasteiger partial charge is 0.494 e. The summed E-state index contributed by atoms with van der Waals surface area (Å²) in [6, 6.07) is 1.09. The molecule has 0 aliphatic carbocycles. The molecule has 0 radical (unpaired) electrons. The molecule has 2 aromatic rings. The van der Waals surface area contributed by atoms with Crippen LogP contribution in [-0.4, -0.2) is 24.7 Å². The van der Waals surface area contributed by atoms with E-state index in [1.165, 1.54) is 13.3 Å². The first-order valence-electron chi connectivity index (χ1n) is 6.06. The molecule has 1 aromatic carbocycles. The molecule has 6 heteroatoms. The van der Waals surface area contributed by atoms with Crippen molar-refractivity contribution in [3.05, 3.63) is 39.4 Å². The molecule has 2 rings (SSSR count). The van der Waals surface area contributed by atoms with Crippen LogP contribution in [0.2, 0.25) is 0 Å². The number of methoxy groups -OCH3 is 1. The molecule has 0 saturated carbocycles. The second-order valence-corrected chi connectivity index (χ2v) is 4.19. The average Bonchev–Trinajstić information content (AvgIpc) is 2.42. The van der Waals surface area contributed by atoms with E-state index in [2.05, 4.69) is 4.98 Å². The molecule has 1 heterocycles. The zero-order valence-electron chi connectivity index (χ0n) is 11.4. The van der Waals surface area contributed by atoms with E-state index in [-0.39, 0.29) is 23.3 Å². The molecule has 1 N–H and O–H groups in total. The molecule has 0 aliphatic heterocycles. The molecular formula is C14H14FNO4. The second kappa shape index (κ2) is 5.32. The van der Waals surface area contributed by atoms with Crippen molar-refractivity contribution in [3.63, 3.8) is 0 Å². The lowest BCUT2D eigenvalue weighted by Gasteiger charge is -2.10. The summed E-state index contributed by atoms with van der Waals surface area (Å²) in [6.07, 6.45) is 1.25. The number of hydrogen-bond acceptors (Lipinski definition) is 4. The van der Waals surface area contributed by atoms with E-state index in [0.29, 0.717) is 11.1 Å². The Bertz CT molecular complexity index is 736. The van der Waals surface area contributed by atoms with E-state index in [4.69, 9.17) is 9.47 Å². The van der Waals surface area contributed by atoms with Crippen LogP contribution in [0, 0.1) is 12.7 Å². The zero-order chi connectivity index (χ0) is 14.9. The van der Waals surface area contributed by atoms with E-state index >= 15 is 0 Å². The first-order valence-corrected chi connectivity index (χ1v) is 6.06. The maximum atomic E-state index is 13.8. The molecule has 0 spiro atoms. The Morgan fingerprint density at radius 3 is 2.75 bits per heavy atom. The van der Waals surface area contributed by atoms with Gasteiger partial charge in [-0.05, 0) is 19.9 Å². The molecule has 0 atom stereocenters. The first-order chi connectivity index (χ1) is 9.51. The predicted octanol–water partition coefficient (Wildman–Crippen LogP) is 2.16. The number of fused-ring (bicyclic) bond motifs is 1. The molecule has 1 aromatic heterocycles. The molecule has 0 saturated heterocycles. The number of carbonyl (C=O) groups excluding carboxylic acids is 1. The number of rotatable bonds is 3. The maximum Gasteiger partial charge on any atom is 0.343 e. The van der Waals surface area contributed by atoms with Gasteiger partial charge < -0.3 is 14.5 Å². The summed E-state index contributed by atoms with van der Waals surface area (Å²) in [5, 5.41) is 0.0514. The minimum absolute atomic E-state index is 0.0514. The van der Waals surface area contributed by atoms with Gasteiger partial charge in [0.1, 0.15) is 17.1 Å². The van der Waals surface area contributed by atoms with Crippen LogP contribution in [0.25, 0.3) is 10.9 Å². The third-order valence-corrected chi connectivity index (χ3v) is 3.02. The fraction of sp³-hybridized carbons (Fsp3) is 0.286. The smallest absolute Gasteiger partial charge is 0.343 e. The average molecular weight is 279 g/mol. The van der Waals surface area contributed by atoms with Gasteiger partial charge in [-0.25, -0.2) is 9.18 Å². The summed E-state index contributed by atoms with van der Waals surface area (Å²) >= 11 is 0. The topological polar surface area (TPSA) is 68.4 Å². The van der Waals surface area contributed by atoms with Gasteiger partial charge in [0.15, 0.2) is 0 Å². The number of benzene rings is 1. The van der Waals surface area contributed by atoms with Crippen molar-refractivity contribution in [2.75, 3.05) is 13.7 Å². The number of H-pyrrole nitrogens is 1. The Hall–Kier alpha value is -2.37. The highest BCUT2D eigenvalue weighted by Gasteiger charge is 2.18. The van der Waals surface area contributed by atoms with Crippen molar-refractivity contribution in [1.82, 2.24) is 4.98 Å². The number of esters is 1. The standard InChI is InChI=1S/C14H14FNO4/c1-4-20-14(18)9-6-16-11-8(12(9)17)5-10(15)7(2)13(11)19-3/h5-6H,4H2,1-3H3,(H,16,17). The molecule has 106 valence electrons. The van der Waals surface area contributed by atoms with Crippen molar-refractivity contribution in [1.29, 1.82) is 0 Å². The lowest BCUT2D eigenvalue weighted by atomic mass is 10.1. The molecule has 0 amide bonds. The summed E-state index contributed by atoms with van der Waals surface area (Å²) in [7, 11) is 1.39. The van der Waals surface area contributed by atoms with E-state index < -0.39 is 17.2 Å². The number of carbonyl (C=O) groups is 1. The summed E-state index contributed by atoms with van der Waals surface area (Å²) in [5.41, 5.74) is -0.108. The zero-order valence-corrected chi connectivity index (χ0v) is 11.4. The van der Waals surface area contributed by atoms with Crippen LogP contribution in [0.15, 0.2) is 17.1 Å². The Kier molecular flexibility index (Phi) is 3.74. The van der Waals surface area contributed by atoms with Crippen molar-refractivity contribution in [2.24, 2.45) is 0 Å². The van der Waals surface area contributed by atoms with Crippen LogP contribution in [0.4, 0.5) is 4.39 Å². The minimum Gasteiger partial charge on any atom is -0.494 e. The molecular weight excluding hydrogens is 265 g/mol. The number of ether oxygens (including phenoxy) is 2. The number of hydrogen-bond donors (Lipinski definition) is 1. The number of nitrogens with one attached hydrogen (secondary N) is 1. The van der Waals surface area contributed by atoms with Crippen LogP contribution in [0.3, 0.4) is 0 Å². The number of halogens is 1. The molecule has 0 fully saturated rings. The monoisotopic (exact) mass is 279 g/mol. The van der Waals surface area contributed by atoms with Crippen LogP contribution < -0.4 is 10.2 Å². The summed E-state index contributed by atoms with van der Waals surface area (Å²) in [4.78, 5) is 26.7. The highest BCUT2D eigenvalue weighted by molar-refractivity contribution is 5.95. The van der Waals surface area contributed by atoms with Crippen LogP contribution in [0.5, 0.6) is 5.75 Å². The van der Waals surface area contributed by atoms with E-state index in [1.54, 1.807) is 13.8 Å². The fourth-order valence-corrected chi connectivity index (χ4v) is 2.02. The Labute approximate surface area is 114 Å². The Morgan fingerprint density at radius 2 is 2.15 bits per heavy atom.